The number of amides is 2. The Bertz CT molecular complexity index is 958. The van der Waals surface area contributed by atoms with E-state index in [4.69, 9.17) is 13.9 Å². The molecule has 1 fully saturated rings. The van der Waals surface area contributed by atoms with E-state index in [1.807, 2.05) is 18.2 Å². The summed E-state index contributed by atoms with van der Waals surface area (Å²) in [6, 6.07) is 8.93. The molecule has 2 atom stereocenters. The number of rotatable bonds is 5. The number of hydrogen-bond acceptors (Lipinski definition) is 7. The van der Waals surface area contributed by atoms with Crippen molar-refractivity contribution in [1.29, 1.82) is 0 Å². The fourth-order valence-corrected chi connectivity index (χ4v) is 3.72. The summed E-state index contributed by atoms with van der Waals surface area (Å²) in [6.07, 6.45) is 5.56. The summed E-state index contributed by atoms with van der Waals surface area (Å²) >= 11 is 0. The molecule has 1 aromatic carbocycles. The van der Waals surface area contributed by atoms with Gasteiger partial charge in [0.25, 0.3) is 5.91 Å². The number of nitrogens with zero attached hydrogens (tertiary/aromatic N) is 2. The van der Waals surface area contributed by atoms with E-state index in [1.165, 1.54) is 4.90 Å². The van der Waals surface area contributed by atoms with Crippen molar-refractivity contribution in [3.63, 3.8) is 0 Å². The van der Waals surface area contributed by atoms with Crippen LogP contribution in [0.1, 0.15) is 23.8 Å². The van der Waals surface area contributed by atoms with E-state index in [1.54, 1.807) is 35.8 Å². The summed E-state index contributed by atoms with van der Waals surface area (Å²) in [5.74, 6) is 1.75. The lowest BCUT2D eigenvalue weighted by Gasteiger charge is -2.31. The van der Waals surface area contributed by atoms with Gasteiger partial charge in [-0.05, 0) is 36.2 Å². The van der Waals surface area contributed by atoms with Crippen molar-refractivity contribution in [3.8, 4) is 11.5 Å². The molecule has 29 heavy (non-hydrogen) atoms. The van der Waals surface area contributed by atoms with E-state index >= 15 is 0 Å². The zero-order chi connectivity index (χ0) is 19.8. The first-order chi connectivity index (χ1) is 14.2. The summed E-state index contributed by atoms with van der Waals surface area (Å²) in [5, 5.41) is 4.56. The normalized spacial score (nSPS) is 22.1. The van der Waals surface area contributed by atoms with Crippen LogP contribution in [0.4, 0.5) is 0 Å². The lowest BCUT2D eigenvalue weighted by atomic mass is 10.0. The summed E-state index contributed by atoms with van der Waals surface area (Å²) in [7, 11) is 0. The number of benzene rings is 1. The first-order valence-corrected chi connectivity index (χ1v) is 9.39. The van der Waals surface area contributed by atoms with Crippen molar-refractivity contribution in [1.82, 2.24) is 20.7 Å². The highest BCUT2D eigenvalue weighted by Crippen LogP contribution is 2.37. The molecule has 9 nitrogen and oxygen atoms in total. The summed E-state index contributed by atoms with van der Waals surface area (Å²) in [5.41, 5.74) is 4.36. The van der Waals surface area contributed by atoms with Crippen molar-refractivity contribution in [2.45, 2.75) is 25.0 Å². The van der Waals surface area contributed by atoms with Crippen LogP contribution in [0.2, 0.25) is 0 Å². The second kappa shape index (κ2) is 7.17. The Hall–Kier alpha value is -3.46. The molecule has 150 valence electrons. The highest BCUT2D eigenvalue weighted by atomic mass is 16.7. The van der Waals surface area contributed by atoms with Crippen molar-refractivity contribution in [2.24, 2.45) is 0 Å². The van der Waals surface area contributed by atoms with Crippen LogP contribution in [0, 0.1) is 0 Å². The second-order valence-electron chi connectivity index (χ2n) is 7.07. The summed E-state index contributed by atoms with van der Waals surface area (Å²) in [4.78, 5) is 26.5. The average Bonchev–Trinajstić information content (AvgIpc) is 3.48. The number of fused-ring (bicyclic) bond motifs is 2. The minimum atomic E-state index is -0.367. The van der Waals surface area contributed by atoms with Crippen LogP contribution in [-0.2, 0) is 16.1 Å². The Morgan fingerprint density at radius 1 is 1.21 bits per heavy atom. The maximum atomic E-state index is 12.9. The molecule has 0 bridgehead atoms. The molecule has 9 heteroatoms. The minimum Gasteiger partial charge on any atom is -0.467 e. The van der Waals surface area contributed by atoms with Gasteiger partial charge in [0.1, 0.15) is 18.3 Å². The monoisotopic (exact) mass is 396 g/mol. The highest BCUT2D eigenvalue weighted by Gasteiger charge is 2.40. The smallest absolute Gasteiger partial charge is 0.251 e. The summed E-state index contributed by atoms with van der Waals surface area (Å²) in [6.45, 7) is 0.486. The lowest BCUT2D eigenvalue weighted by molar-refractivity contribution is -0.138. The Kier molecular flexibility index (Phi) is 4.36. The van der Waals surface area contributed by atoms with E-state index in [9.17, 15) is 9.59 Å². The van der Waals surface area contributed by atoms with Crippen LogP contribution in [0.3, 0.4) is 0 Å². The number of nitrogens with one attached hydrogen (secondary N) is 2. The molecule has 2 amide bonds. The van der Waals surface area contributed by atoms with Gasteiger partial charge in [-0.25, -0.2) is 5.43 Å². The zero-order valence-corrected chi connectivity index (χ0v) is 15.5. The number of carbonyl (C=O) groups is 2. The van der Waals surface area contributed by atoms with Gasteiger partial charge in [-0.2, -0.15) is 0 Å². The van der Waals surface area contributed by atoms with Gasteiger partial charge in [-0.15, -0.1) is 0 Å². The van der Waals surface area contributed by atoms with Crippen molar-refractivity contribution >= 4 is 11.8 Å². The average molecular weight is 396 g/mol. The molecule has 2 aromatic rings. The molecule has 3 aliphatic heterocycles. The number of furan rings is 1. The molecule has 0 saturated carbocycles. The van der Waals surface area contributed by atoms with Gasteiger partial charge in [0.15, 0.2) is 11.5 Å². The number of hydrazine groups is 1. The standard InChI is InChI=1S/C20H20N4O5/c25-19(21-10-14-2-1-7-27-14)11-23-5-6-24-16(20(23)26)9-15(22-24)13-3-4-17-18(8-13)29-12-28-17/h1-8,15-16,22H,9-12H2,(H,21,25). The quantitative estimate of drug-likeness (QED) is 0.785. The van der Waals surface area contributed by atoms with Crippen LogP contribution in [0.25, 0.3) is 0 Å². The first-order valence-electron chi connectivity index (χ1n) is 9.39. The van der Waals surface area contributed by atoms with E-state index < -0.39 is 0 Å². The van der Waals surface area contributed by atoms with Crippen molar-refractivity contribution in [2.75, 3.05) is 13.3 Å². The maximum Gasteiger partial charge on any atom is 0.251 e. The van der Waals surface area contributed by atoms with E-state index in [-0.39, 0.29) is 37.2 Å². The van der Waals surface area contributed by atoms with Gasteiger partial charge in [-0.1, -0.05) is 6.07 Å². The van der Waals surface area contributed by atoms with Gasteiger partial charge >= 0.3 is 0 Å². The van der Waals surface area contributed by atoms with Crippen LogP contribution >= 0.6 is 0 Å². The van der Waals surface area contributed by atoms with E-state index in [0.29, 0.717) is 24.5 Å². The molecule has 1 saturated heterocycles. The van der Waals surface area contributed by atoms with Crippen LogP contribution in [-0.4, -0.2) is 41.1 Å². The number of hydrogen-bond donors (Lipinski definition) is 2. The molecular weight excluding hydrogens is 376 g/mol. The van der Waals surface area contributed by atoms with Gasteiger partial charge in [-0.3, -0.25) is 9.59 Å². The predicted octanol–water partition coefficient (Wildman–Crippen LogP) is 1.26. The maximum absolute atomic E-state index is 12.9. The van der Waals surface area contributed by atoms with Gasteiger partial charge in [0.2, 0.25) is 12.7 Å². The Labute approximate surface area is 166 Å². The summed E-state index contributed by atoms with van der Waals surface area (Å²) < 4.78 is 16.0. The Balaban J connectivity index is 1.21. The third-order valence-electron chi connectivity index (χ3n) is 5.23. The van der Waals surface area contributed by atoms with E-state index in [2.05, 4.69) is 10.7 Å². The molecule has 0 aliphatic carbocycles. The molecule has 3 aliphatic rings. The number of carbonyl (C=O) groups excluding carboxylic acids is 2. The largest absolute Gasteiger partial charge is 0.467 e. The van der Waals surface area contributed by atoms with Crippen molar-refractivity contribution in [3.05, 3.63) is 60.3 Å². The lowest BCUT2D eigenvalue weighted by Crippen LogP contribution is -2.50. The van der Waals surface area contributed by atoms with Crippen LogP contribution < -0.4 is 20.2 Å². The highest BCUT2D eigenvalue weighted by molar-refractivity contribution is 5.89. The Morgan fingerprint density at radius 3 is 2.97 bits per heavy atom. The molecule has 1 aromatic heterocycles. The first kappa shape index (κ1) is 17.6. The Morgan fingerprint density at radius 2 is 2.10 bits per heavy atom. The molecule has 5 rings (SSSR count). The SMILES string of the molecule is O=C(CN1C=CN2NC(c3ccc4c(c3)OCO4)CC2C1=O)NCc1ccco1. The zero-order valence-electron chi connectivity index (χ0n) is 15.5. The fourth-order valence-electron chi connectivity index (χ4n) is 3.72. The minimum absolute atomic E-state index is 0.0316. The van der Waals surface area contributed by atoms with Crippen LogP contribution in [0.5, 0.6) is 11.5 Å². The molecule has 4 heterocycles. The third kappa shape index (κ3) is 3.40. The predicted molar refractivity (Wildman–Crippen MR) is 100 cm³/mol. The molecular formula is C20H20N4O5. The molecule has 0 spiro atoms. The molecule has 0 radical (unpaired) electrons. The third-order valence-corrected chi connectivity index (χ3v) is 5.23. The van der Waals surface area contributed by atoms with Gasteiger partial charge in [0.05, 0.1) is 18.8 Å². The van der Waals surface area contributed by atoms with Gasteiger partial charge < -0.3 is 29.1 Å². The van der Waals surface area contributed by atoms with Gasteiger partial charge in [0, 0.05) is 12.4 Å². The van der Waals surface area contributed by atoms with Crippen molar-refractivity contribution < 1.29 is 23.5 Å². The molecule has 2 N–H and O–H groups in total. The van der Waals surface area contributed by atoms with Crippen LogP contribution in [0.15, 0.2) is 53.4 Å². The van der Waals surface area contributed by atoms with E-state index in [0.717, 1.165) is 11.3 Å². The number of ether oxygens (including phenoxy) is 2. The fraction of sp³-hybridized carbons (Fsp3) is 0.300. The molecule has 2 unspecified atom stereocenters. The topological polar surface area (TPSA) is 96.3 Å². The second-order valence-corrected chi connectivity index (χ2v) is 7.07.